The second-order valence-electron chi connectivity index (χ2n) is 11.4. The lowest BCUT2D eigenvalue weighted by atomic mass is 10.0. The molecule has 3 N–H and O–H groups in total. The second-order valence-corrected chi connectivity index (χ2v) is 11.4. The molecule has 0 bridgehead atoms. The molecule has 0 saturated heterocycles. The molecule has 3 aromatic heterocycles. The molecule has 218 valence electrons. The lowest BCUT2D eigenvalue weighted by Gasteiger charge is -2.18. The summed E-state index contributed by atoms with van der Waals surface area (Å²) in [6.07, 6.45) is 3.46. The Kier molecular flexibility index (Phi) is 7.70. The average Bonchev–Trinajstić information content (AvgIpc) is 3.40. The maximum Gasteiger partial charge on any atom is 0.323 e. The Labute approximate surface area is 249 Å². The van der Waals surface area contributed by atoms with Gasteiger partial charge in [0.1, 0.15) is 11.3 Å². The van der Waals surface area contributed by atoms with Gasteiger partial charge in [-0.15, -0.1) is 0 Å². The van der Waals surface area contributed by atoms with Crippen molar-refractivity contribution >= 4 is 34.4 Å². The first kappa shape index (κ1) is 29.0. The van der Waals surface area contributed by atoms with E-state index < -0.39 is 6.03 Å². The molecular weight excluding hydrogens is 542 g/mol. The van der Waals surface area contributed by atoms with Gasteiger partial charge in [0.15, 0.2) is 0 Å². The standard InChI is InChI=1S/C32H33N9O2/c1-19(2)41-28-23(17-35-30(34-6)38-28)15-25(29(41)42)21-10-8-12-24(14-21)36-31(43)37-26-18-40(32(3,4)5)39-27(26)22-11-7-9-20(13-22)16-33/h7-15,17-19H,1-6H3,(H,34,35,38)(H2,36,37,43). The molecule has 5 rings (SSSR count). The molecule has 0 unspecified atom stereocenters. The second kappa shape index (κ2) is 11.4. The van der Waals surface area contributed by atoms with Gasteiger partial charge in [0.05, 0.1) is 22.9 Å². The summed E-state index contributed by atoms with van der Waals surface area (Å²) in [5, 5.41) is 23.5. The van der Waals surface area contributed by atoms with Crippen LogP contribution < -0.4 is 21.5 Å². The molecule has 2 aromatic carbocycles. The summed E-state index contributed by atoms with van der Waals surface area (Å²) in [6, 6.07) is 17.5. The highest BCUT2D eigenvalue weighted by atomic mass is 16.2. The van der Waals surface area contributed by atoms with Gasteiger partial charge in [0.2, 0.25) is 5.95 Å². The molecule has 11 heteroatoms. The molecule has 0 spiro atoms. The van der Waals surface area contributed by atoms with E-state index in [0.717, 1.165) is 5.39 Å². The summed E-state index contributed by atoms with van der Waals surface area (Å²) in [7, 11) is 1.73. The summed E-state index contributed by atoms with van der Waals surface area (Å²) in [4.78, 5) is 35.7. The molecule has 0 radical (unpaired) electrons. The first-order valence-electron chi connectivity index (χ1n) is 13.9. The quantitative estimate of drug-likeness (QED) is 0.218. The van der Waals surface area contributed by atoms with E-state index in [1.807, 2.05) is 46.8 Å². The normalized spacial score (nSPS) is 11.4. The highest BCUT2D eigenvalue weighted by molar-refractivity contribution is 6.02. The van der Waals surface area contributed by atoms with Gasteiger partial charge in [-0.3, -0.25) is 14.0 Å². The number of pyridine rings is 1. The third-order valence-corrected chi connectivity index (χ3v) is 6.86. The fourth-order valence-corrected chi connectivity index (χ4v) is 4.73. The van der Waals surface area contributed by atoms with Crippen LogP contribution in [-0.4, -0.2) is 37.4 Å². The summed E-state index contributed by atoms with van der Waals surface area (Å²) in [6.45, 7) is 9.89. The number of hydrogen-bond acceptors (Lipinski definition) is 7. The van der Waals surface area contributed by atoms with Gasteiger partial charge >= 0.3 is 6.03 Å². The molecule has 11 nitrogen and oxygen atoms in total. The molecule has 0 fully saturated rings. The molecule has 0 atom stereocenters. The highest BCUT2D eigenvalue weighted by Gasteiger charge is 2.21. The van der Waals surface area contributed by atoms with Gasteiger partial charge in [-0.2, -0.15) is 15.3 Å². The predicted molar refractivity (Wildman–Crippen MR) is 169 cm³/mol. The van der Waals surface area contributed by atoms with Crippen molar-refractivity contribution in [2.75, 3.05) is 23.0 Å². The Morgan fingerprint density at radius 1 is 1.02 bits per heavy atom. The number of urea groups is 1. The van der Waals surface area contributed by atoms with Crippen LogP contribution in [0.25, 0.3) is 33.4 Å². The number of carbonyl (C=O) groups is 1. The fraction of sp³-hybridized carbons (Fsp3) is 0.250. The number of amides is 2. The average molecular weight is 576 g/mol. The maximum absolute atomic E-state index is 13.7. The highest BCUT2D eigenvalue weighted by Crippen LogP contribution is 2.30. The van der Waals surface area contributed by atoms with Gasteiger partial charge in [-0.1, -0.05) is 24.3 Å². The van der Waals surface area contributed by atoms with Crippen LogP contribution >= 0.6 is 0 Å². The van der Waals surface area contributed by atoms with E-state index in [-0.39, 0.29) is 17.1 Å². The van der Waals surface area contributed by atoms with Crippen molar-refractivity contribution in [1.29, 1.82) is 5.26 Å². The third kappa shape index (κ3) is 5.94. The zero-order valence-corrected chi connectivity index (χ0v) is 24.9. The molecule has 2 amide bonds. The Hall–Kier alpha value is -5.50. The number of nitrogens with one attached hydrogen (secondary N) is 3. The first-order valence-corrected chi connectivity index (χ1v) is 13.9. The van der Waals surface area contributed by atoms with Crippen molar-refractivity contribution < 1.29 is 4.79 Å². The van der Waals surface area contributed by atoms with Gasteiger partial charge in [0, 0.05) is 47.7 Å². The van der Waals surface area contributed by atoms with Crippen LogP contribution in [0, 0.1) is 11.3 Å². The Balaban J connectivity index is 1.47. The van der Waals surface area contributed by atoms with Crippen LogP contribution in [0.4, 0.5) is 22.1 Å². The van der Waals surface area contributed by atoms with Crippen molar-refractivity contribution in [1.82, 2.24) is 24.3 Å². The van der Waals surface area contributed by atoms with Crippen LogP contribution in [0.2, 0.25) is 0 Å². The molecule has 5 aromatic rings. The van der Waals surface area contributed by atoms with Crippen molar-refractivity contribution in [3.8, 4) is 28.5 Å². The minimum atomic E-state index is -0.477. The number of nitrogens with zero attached hydrogens (tertiary/aromatic N) is 6. The van der Waals surface area contributed by atoms with Crippen LogP contribution in [0.3, 0.4) is 0 Å². The van der Waals surface area contributed by atoms with Crippen LogP contribution in [0.5, 0.6) is 0 Å². The minimum absolute atomic E-state index is 0.140. The maximum atomic E-state index is 13.7. The van der Waals surface area contributed by atoms with E-state index in [1.54, 1.807) is 71.2 Å². The number of rotatable bonds is 6. The van der Waals surface area contributed by atoms with E-state index in [9.17, 15) is 14.9 Å². The van der Waals surface area contributed by atoms with Crippen LogP contribution in [-0.2, 0) is 5.54 Å². The van der Waals surface area contributed by atoms with Crippen molar-refractivity contribution in [2.45, 2.75) is 46.2 Å². The van der Waals surface area contributed by atoms with Crippen molar-refractivity contribution in [3.05, 3.63) is 82.9 Å². The van der Waals surface area contributed by atoms with E-state index in [0.29, 0.717) is 50.9 Å². The zero-order chi connectivity index (χ0) is 30.9. The molecular formula is C32H33N9O2. The number of aromatic nitrogens is 5. The van der Waals surface area contributed by atoms with Crippen molar-refractivity contribution in [2.24, 2.45) is 0 Å². The first-order chi connectivity index (χ1) is 20.5. The van der Waals surface area contributed by atoms with Gasteiger partial charge in [0.25, 0.3) is 5.56 Å². The number of fused-ring (bicyclic) bond motifs is 1. The van der Waals surface area contributed by atoms with E-state index in [4.69, 9.17) is 5.10 Å². The van der Waals surface area contributed by atoms with Crippen LogP contribution in [0.1, 0.15) is 46.2 Å². The molecule has 43 heavy (non-hydrogen) atoms. The van der Waals surface area contributed by atoms with Gasteiger partial charge in [-0.05, 0) is 70.5 Å². The smallest absolute Gasteiger partial charge is 0.323 e. The Morgan fingerprint density at radius 2 is 1.77 bits per heavy atom. The summed E-state index contributed by atoms with van der Waals surface area (Å²) in [5.41, 5.74) is 3.88. The number of hydrogen-bond donors (Lipinski definition) is 3. The number of nitriles is 1. The van der Waals surface area contributed by atoms with Crippen LogP contribution in [0.15, 0.2) is 71.8 Å². The Morgan fingerprint density at radius 3 is 2.47 bits per heavy atom. The number of carbonyl (C=O) groups excluding carboxylic acids is 1. The lowest BCUT2D eigenvalue weighted by Crippen LogP contribution is -2.25. The molecule has 3 heterocycles. The van der Waals surface area contributed by atoms with E-state index >= 15 is 0 Å². The van der Waals surface area contributed by atoms with E-state index in [2.05, 4.69) is 32.0 Å². The fourth-order valence-electron chi connectivity index (χ4n) is 4.73. The number of anilines is 3. The number of benzene rings is 2. The van der Waals surface area contributed by atoms with E-state index in [1.165, 1.54) is 0 Å². The summed E-state index contributed by atoms with van der Waals surface area (Å²) < 4.78 is 3.43. The monoisotopic (exact) mass is 575 g/mol. The zero-order valence-electron chi connectivity index (χ0n) is 24.9. The third-order valence-electron chi connectivity index (χ3n) is 6.86. The molecule has 0 aliphatic heterocycles. The summed E-state index contributed by atoms with van der Waals surface area (Å²) in [5.74, 6) is 0.431. The largest absolute Gasteiger partial charge is 0.357 e. The predicted octanol–water partition coefficient (Wildman–Crippen LogP) is 6.22. The molecule has 0 aliphatic rings. The van der Waals surface area contributed by atoms with Crippen molar-refractivity contribution in [3.63, 3.8) is 0 Å². The lowest BCUT2D eigenvalue weighted by molar-refractivity contribution is 0.262. The topological polar surface area (TPSA) is 143 Å². The molecule has 0 saturated carbocycles. The minimum Gasteiger partial charge on any atom is -0.357 e. The summed E-state index contributed by atoms with van der Waals surface area (Å²) >= 11 is 0. The SMILES string of the molecule is CNc1ncc2cc(-c3cccc(NC(=O)Nc4cn(C(C)(C)C)nc4-c4cccc(C#N)c4)c3)c(=O)n(C(C)C)c2n1. The Bertz CT molecular complexity index is 1940. The molecule has 0 aliphatic carbocycles. The van der Waals surface area contributed by atoms with Gasteiger partial charge in [-0.25, -0.2) is 9.78 Å². The van der Waals surface area contributed by atoms with Gasteiger partial charge < -0.3 is 16.0 Å².